The molecule has 190 valence electrons. The third-order valence-corrected chi connectivity index (χ3v) is 9.23. The van der Waals surface area contributed by atoms with E-state index in [2.05, 4.69) is 103 Å². The van der Waals surface area contributed by atoms with Gasteiger partial charge in [0, 0.05) is 65.9 Å². The predicted octanol–water partition coefficient (Wildman–Crippen LogP) is 10.0. The van der Waals surface area contributed by atoms with Gasteiger partial charge in [0.25, 0.3) is 0 Å². The quantitative estimate of drug-likeness (QED) is 0.226. The Morgan fingerprint density at radius 2 is 1.46 bits per heavy atom. The highest BCUT2D eigenvalue weighted by molar-refractivity contribution is 7.25. The van der Waals surface area contributed by atoms with Gasteiger partial charge in [-0.3, -0.25) is 4.98 Å². The molecule has 0 atom stereocenters. The first-order valence-electron chi connectivity index (χ1n) is 13.6. The molecule has 0 bridgehead atoms. The number of thiophene rings is 1. The number of nitrogens with zero attached hydrogens (tertiary/aromatic N) is 2. The molecular formula is C34H28N4S. The van der Waals surface area contributed by atoms with Gasteiger partial charge in [-0.05, 0) is 64.2 Å². The lowest BCUT2D eigenvalue weighted by Crippen LogP contribution is -1.88. The highest BCUT2D eigenvalue weighted by Crippen LogP contribution is 2.40. The van der Waals surface area contributed by atoms with Gasteiger partial charge < -0.3 is 9.97 Å². The van der Waals surface area contributed by atoms with Crippen LogP contribution in [0.15, 0.2) is 73.1 Å². The van der Waals surface area contributed by atoms with E-state index in [0.29, 0.717) is 11.8 Å². The molecule has 2 N–H and O–H groups in total. The van der Waals surface area contributed by atoms with Crippen LogP contribution >= 0.6 is 11.3 Å². The molecule has 0 aliphatic heterocycles. The number of hydrogen-bond acceptors (Lipinski definition) is 3. The largest absolute Gasteiger partial charge is 0.358 e. The van der Waals surface area contributed by atoms with Crippen LogP contribution in [0.1, 0.15) is 51.0 Å². The molecule has 0 fully saturated rings. The van der Waals surface area contributed by atoms with Gasteiger partial charge >= 0.3 is 0 Å². The molecule has 0 aliphatic carbocycles. The van der Waals surface area contributed by atoms with Crippen molar-refractivity contribution in [1.29, 1.82) is 0 Å². The summed E-state index contributed by atoms with van der Waals surface area (Å²) in [6, 6.07) is 22.8. The number of rotatable bonds is 3. The van der Waals surface area contributed by atoms with Gasteiger partial charge in [-0.25, -0.2) is 4.98 Å². The Balaban J connectivity index is 1.31. The molecule has 0 saturated heterocycles. The summed E-state index contributed by atoms with van der Waals surface area (Å²) in [5, 5.41) is 8.66. The van der Waals surface area contributed by atoms with E-state index in [-0.39, 0.29) is 0 Å². The molecule has 8 aromatic rings. The SMILES string of the molecule is CC(C)c1cc2cc3c(cc2[nH]1)sc1cc(-c2ccc4c(c2)c2ccncc2c2nc(C(C)C)[nH]c42)ccc13. The lowest BCUT2D eigenvalue weighted by Gasteiger charge is -2.09. The van der Waals surface area contributed by atoms with Gasteiger partial charge in [0.2, 0.25) is 0 Å². The first-order chi connectivity index (χ1) is 18.9. The lowest BCUT2D eigenvalue weighted by molar-refractivity contribution is 0.799. The van der Waals surface area contributed by atoms with E-state index in [1.54, 1.807) is 0 Å². The first-order valence-corrected chi connectivity index (χ1v) is 14.4. The van der Waals surface area contributed by atoms with E-state index in [0.717, 1.165) is 22.2 Å². The number of aromatic amines is 2. The fraction of sp³-hybridized carbons (Fsp3) is 0.176. The van der Waals surface area contributed by atoms with E-state index in [9.17, 15) is 0 Å². The maximum atomic E-state index is 4.96. The van der Waals surface area contributed by atoms with E-state index >= 15 is 0 Å². The van der Waals surface area contributed by atoms with Crippen LogP contribution in [0, 0.1) is 0 Å². The number of pyridine rings is 1. The number of hydrogen-bond donors (Lipinski definition) is 2. The number of fused-ring (bicyclic) bond motifs is 10. The van der Waals surface area contributed by atoms with Crippen molar-refractivity contribution >= 4 is 75.0 Å². The topological polar surface area (TPSA) is 57.4 Å². The Bertz CT molecular complexity index is 2240. The standard InChI is InChI=1S/C34H28N4S/c1-17(2)28-13-21-12-26-23-7-5-20(14-30(23)39-31(26)15-29(21)36-28)19-6-8-24-25(11-19)22-9-10-35-16-27(22)33-32(24)37-34(38-33)18(3)4/h5-18,36H,1-4H3,(H,37,38). The van der Waals surface area contributed by atoms with Gasteiger partial charge in [-0.1, -0.05) is 52.0 Å². The van der Waals surface area contributed by atoms with Crippen LogP contribution in [-0.2, 0) is 0 Å². The van der Waals surface area contributed by atoms with Gasteiger partial charge in [-0.15, -0.1) is 11.3 Å². The second-order valence-electron chi connectivity index (χ2n) is 11.3. The Morgan fingerprint density at radius 1 is 0.667 bits per heavy atom. The molecule has 0 spiro atoms. The fourth-order valence-corrected chi connectivity index (χ4v) is 7.12. The smallest absolute Gasteiger partial charge is 0.109 e. The molecule has 5 heteroatoms. The molecule has 8 rings (SSSR count). The van der Waals surface area contributed by atoms with Crippen LogP contribution in [0.5, 0.6) is 0 Å². The second kappa shape index (κ2) is 8.14. The van der Waals surface area contributed by atoms with Crippen molar-refractivity contribution in [3.05, 3.63) is 84.6 Å². The molecule has 4 nitrogen and oxygen atoms in total. The van der Waals surface area contributed by atoms with Crippen molar-refractivity contribution in [2.24, 2.45) is 0 Å². The Labute approximate surface area is 229 Å². The molecule has 39 heavy (non-hydrogen) atoms. The average molecular weight is 525 g/mol. The zero-order valence-corrected chi connectivity index (χ0v) is 23.2. The monoisotopic (exact) mass is 524 g/mol. The Kier molecular flexibility index (Phi) is 4.74. The first kappa shape index (κ1) is 22.7. The summed E-state index contributed by atoms with van der Waals surface area (Å²) in [6.45, 7) is 8.81. The summed E-state index contributed by atoms with van der Waals surface area (Å²) in [5.74, 6) is 1.84. The summed E-state index contributed by atoms with van der Waals surface area (Å²) < 4.78 is 2.64. The van der Waals surface area contributed by atoms with Crippen molar-refractivity contribution in [1.82, 2.24) is 19.9 Å². The molecule has 0 saturated carbocycles. The van der Waals surface area contributed by atoms with Crippen molar-refractivity contribution < 1.29 is 0 Å². The number of imidazole rings is 1. The lowest BCUT2D eigenvalue weighted by atomic mass is 9.96. The maximum absolute atomic E-state index is 4.96. The van der Waals surface area contributed by atoms with Gasteiger partial charge in [0.15, 0.2) is 0 Å². The molecule has 0 amide bonds. The normalized spacial score (nSPS) is 12.6. The molecule has 0 aliphatic rings. The zero-order valence-electron chi connectivity index (χ0n) is 22.4. The molecule has 0 unspecified atom stereocenters. The number of benzene rings is 4. The van der Waals surface area contributed by atoms with Gasteiger partial charge in [0.05, 0.1) is 11.0 Å². The number of H-pyrrole nitrogens is 2. The highest BCUT2D eigenvalue weighted by Gasteiger charge is 2.16. The highest BCUT2D eigenvalue weighted by atomic mass is 32.1. The van der Waals surface area contributed by atoms with Crippen LogP contribution in [-0.4, -0.2) is 19.9 Å². The molecule has 0 radical (unpaired) electrons. The molecule has 4 aromatic heterocycles. The summed E-state index contributed by atoms with van der Waals surface area (Å²) in [5.41, 5.74) is 7.07. The van der Waals surface area contributed by atoms with Crippen molar-refractivity contribution in [2.45, 2.75) is 39.5 Å². The van der Waals surface area contributed by atoms with E-state index in [1.165, 1.54) is 64.1 Å². The third kappa shape index (κ3) is 3.36. The van der Waals surface area contributed by atoms with Crippen molar-refractivity contribution in [3.8, 4) is 11.1 Å². The summed E-state index contributed by atoms with van der Waals surface area (Å²) >= 11 is 1.87. The van der Waals surface area contributed by atoms with Crippen LogP contribution in [0.2, 0.25) is 0 Å². The van der Waals surface area contributed by atoms with Gasteiger partial charge in [-0.2, -0.15) is 0 Å². The fourth-order valence-electron chi connectivity index (χ4n) is 5.95. The van der Waals surface area contributed by atoms with Crippen LogP contribution in [0.3, 0.4) is 0 Å². The van der Waals surface area contributed by atoms with Crippen LogP contribution in [0.25, 0.3) is 74.8 Å². The van der Waals surface area contributed by atoms with Crippen molar-refractivity contribution in [3.63, 3.8) is 0 Å². The van der Waals surface area contributed by atoms with E-state index < -0.39 is 0 Å². The van der Waals surface area contributed by atoms with Crippen LogP contribution in [0.4, 0.5) is 0 Å². The van der Waals surface area contributed by atoms with E-state index in [1.807, 2.05) is 23.7 Å². The minimum atomic E-state index is 0.330. The average Bonchev–Trinajstić information content (AvgIpc) is 3.66. The van der Waals surface area contributed by atoms with Gasteiger partial charge in [0.1, 0.15) is 5.82 Å². The molecule has 4 heterocycles. The molecular weight excluding hydrogens is 496 g/mol. The second-order valence-corrected chi connectivity index (χ2v) is 12.4. The minimum absolute atomic E-state index is 0.330. The predicted molar refractivity (Wildman–Crippen MR) is 167 cm³/mol. The molecule has 4 aromatic carbocycles. The number of aromatic nitrogens is 4. The number of nitrogens with one attached hydrogen (secondary N) is 2. The van der Waals surface area contributed by atoms with Crippen LogP contribution < -0.4 is 0 Å². The summed E-state index contributed by atoms with van der Waals surface area (Å²) in [7, 11) is 0. The Hall–Kier alpha value is -4.22. The maximum Gasteiger partial charge on any atom is 0.109 e. The summed E-state index contributed by atoms with van der Waals surface area (Å²) in [6.07, 6.45) is 3.83. The zero-order chi connectivity index (χ0) is 26.4. The third-order valence-electron chi connectivity index (χ3n) is 8.11. The van der Waals surface area contributed by atoms with E-state index in [4.69, 9.17) is 4.98 Å². The van der Waals surface area contributed by atoms with Crippen molar-refractivity contribution in [2.75, 3.05) is 0 Å². The summed E-state index contributed by atoms with van der Waals surface area (Å²) in [4.78, 5) is 16.6. The Morgan fingerprint density at radius 3 is 2.28 bits per heavy atom. The minimum Gasteiger partial charge on any atom is -0.358 e.